The van der Waals surface area contributed by atoms with Crippen molar-refractivity contribution < 1.29 is 13.3 Å². The third kappa shape index (κ3) is 3.65. The molecule has 1 aliphatic heterocycles. The van der Waals surface area contributed by atoms with Gasteiger partial charge in [-0.05, 0) is 50.7 Å². The SMILES string of the molecule is CS(=O)(=O)c1cccc(N2CCCC(c3nc4c(s3)CCCC4)C2)c1[N+](=O)[O-]. The number of nitrogens with zero attached hydrogens (tertiary/aromatic N) is 3. The highest BCUT2D eigenvalue weighted by molar-refractivity contribution is 7.90. The molecule has 2 aromatic rings. The first-order valence-electron chi connectivity index (χ1n) is 9.55. The minimum Gasteiger partial charge on any atom is -0.365 e. The van der Waals surface area contributed by atoms with Crippen molar-refractivity contribution in [3.05, 3.63) is 43.9 Å². The Hall–Kier alpha value is -2.00. The number of anilines is 1. The van der Waals surface area contributed by atoms with Gasteiger partial charge in [0.2, 0.25) is 0 Å². The van der Waals surface area contributed by atoms with E-state index in [1.807, 2.05) is 4.90 Å². The Kier molecular flexibility index (Phi) is 5.13. The maximum absolute atomic E-state index is 12.1. The number of hydrogen-bond acceptors (Lipinski definition) is 7. The van der Waals surface area contributed by atoms with Crippen molar-refractivity contribution in [2.75, 3.05) is 24.2 Å². The van der Waals surface area contributed by atoms with Crippen LogP contribution in [0.2, 0.25) is 0 Å². The Morgan fingerprint density at radius 3 is 2.75 bits per heavy atom. The normalized spacial score (nSPS) is 20.0. The zero-order chi connectivity index (χ0) is 19.9. The lowest BCUT2D eigenvalue weighted by molar-refractivity contribution is -0.387. The van der Waals surface area contributed by atoms with E-state index in [1.165, 1.54) is 29.5 Å². The lowest BCUT2D eigenvalue weighted by atomic mass is 9.97. The van der Waals surface area contributed by atoms with Gasteiger partial charge >= 0.3 is 5.69 Å². The van der Waals surface area contributed by atoms with E-state index in [2.05, 4.69) is 0 Å². The van der Waals surface area contributed by atoms with Crippen molar-refractivity contribution in [3.63, 3.8) is 0 Å². The molecule has 1 unspecified atom stereocenters. The first-order valence-corrected chi connectivity index (χ1v) is 12.3. The standard InChI is InChI=1S/C19H23N3O4S2/c1-28(25,26)17-10-4-8-15(18(17)22(23)24)21-11-5-6-13(12-21)19-20-14-7-2-3-9-16(14)27-19/h4,8,10,13H,2-3,5-7,9,11-12H2,1H3. The summed E-state index contributed by atoms with van der Waals surface area (Å²) in [6.45, 7) is 1.30. The average molecular weight is 422 g/mol. The van der Waals surface area contributed by atoms with Crippen LogP contribution in [0, 0.1) is 10.1 Å². The number of benzene rings is 1. The summed E-state index contributed by atoms with van der Waals surface area (Å²) in [4.78, 5) is 19.2. The molecule has 0 bridgehead atoms. The number of fused-ring (bicyclic) bond motifs is 1. The number of nitro groups is 1. The summed E-state index contributed by atoms with van der Waals surface area (Å²) < 4.78 is 24.1. The smallest absolute Gasteiger partial charge is 0.311 e. The van der Waals surface area contributed by atoms with Crippen molar-refractivity contribution in [1.82, 2.24) is 4.98 Å². The molecule has 2 heterocycles. The third-order valence-corrected chi connectivity index (χ3v) is 7.98. The number of para-hydroxylation sites is 1. The van der Waals surface area contributed by atoms with E-state index in [1.54, 1.807) is 23.5 Å². The van der Waals surface area contributed by atoms with Gasteiger partial charge in [-0.15, -0.1) is 11.3 Å². The Balaban J connectivity index is 1.67. The largest absolute Gasteiger partial charge is 0.365 e. The highest BCUT2D eigenvalue weighted by atomic mass is 32.2. The molecule has 150 valence electrons. The summed E-state index contributed by atoms with van der Waals surface area (Å²) in [5.41, 5.74) is 1.30. The highest BCUT2D eigenvalue weighted by Gasteiger charge is 2.32. The number of nitro benzene ring substituents is 1. The van der Waals surface area contributed by atoms with E-state index in [0.717, 1.165) is 36.9 Å². The van der Waals surface area contributed by atoms with Crippen LogP contribution >= 0.6 is 11.3 Å². The number of aryl methyl sites for hydroxylation is 2. The minimum atomic E-state index is -3.69. The molecular formula is C19H23N3O4S2. The number of aromatic nitrogens is 1. The summed E-state index contributed by atoms with van der Waals surface area (Å²) in [6.07, 6.45) is 7.47. The molecule has 1 aliphatic carbocycles. The molecule has 1 fully saturated rings. The van der Waals surface area contributed by atoms with Crippen LogP contribution in [0.15, 0.2) is 23.1 Å². The van der Waals surface area contributed by atoms with Gasteiger partial charge in [0.1, 0.15) is 10.6 Å². The van der Waals surface area contributed by atoms with Gasteiger partial charge in [-0.25, -0.2) is 13.4 Å². The number of piperidine rings is 1. The summed E-state index contributed by atoms with van der Waals surface area (Å²) >= 11 is 1.79. The first kappa shape index (κ1) is 19.3. The highest BCUT2D eigenvalue weighted by Crippen LogP contribution is 2.40. The molecule has 7 nitrogen and oxygen atoms in total. The van der Waals surface area contributed by atoms with E-state index in [4.69, 9.17) is 4.98 Å². The molecule has 0 radical (unpaired) electrons. The quantitative estimate of drug-likeness (QED) is 0.552. The van der Waals surface area contributed by atoms with E-state index in [9.17, 15) is 18.5 Å². The average Bonchev–Trinajstić information content (AvgIpc) is 3.11. The van der Waals surface area contributed by atoms with Crippen LogP contribution in [-0.2, 0) is 22.7 Å². The minimum absolute atomic E-state index is 0.221. The molecule has 0 N–H and O–H groups in total. The van der Waals surface area contributed by atoms with Gasteiger partial charge in [0.25, 0.3) is 0 Å². The fourth-order valence-electron chi connectivity index (χ4n) is 4.19. The number of sulfone groups is 1. The zero-order valence-corrected chi connectivity index (χ0v) is 17.4. The van der Waals surface area contributed by atoms with Crippen LogP contribution in [0.3, 0.4) is 0 Å². The molecule has 0 amide bonds. The van der Waals surface area contributed by atoms with Crippen molar-refractivity contribution in [3.8, 4) is 0 Å². The van der Waals surface area contributed by atoms with Crippen molar-refractivity contribution in [2.24, 2.45) is 0 Å². The lowest BCUT2D eigenvalue weighted by Crippen LogP contribution is -2.35. The second-order valence-corrected chi connectivity index (χ2v) is 10.7. The van der Waals surface area contributed by atoms with Crippen molar-refractivity contribution >= 4 is 32.5 Å². The third-order valence-electron chi connectivity index (χ3n) is 5.53. The summed E-state index contributed by atoms with van der Waals surface area (Å²) in [6, 6.07) is 4.56. The monoisotopic (exact) mass is 421 g/mol. The fraction of sp³-hybridized carbons (Fsp3) is 0.526. The predicted molar refractivity (Wildman–Crippen MR) is 109 cm³/mol. The maximum atomic E-state index is 12.1. The number of thiazole rings is 1. The topological polar surface area (TPSA) is 93.4 Å². The molecule has 28 heavy (non-hydrogen) atoms. The molecule has 1 aromatic heterocycles. The Bertz CT molecular complexity index is 993. The van der Waals surface area contributed by atoms with E-state index >= 15 is 0 Å². The molecule has 0 saturated carbocycles. The fourth-order valence-corrected chi connectivity index (χ4v) is 6.33. The molecular weight excluding hydrogens is 398 g/mol. The Morgan fingerprint density at radius 1 is 1.25 bits per heavy atom. The summed E-state index contributed by atoms with van der Waals surface area (Å²) in [5.74, 6) is 0.228. The van der Waals surface area contributed by atoms with Crippen LogP contribution in [0.5, 0.6) is 0 Å². The molecule has 4 rings (SSSR count). The summed E-state index contributed by atoms with van der Waals surface area (Å²) in [7, 11) is -3.69. The molecule has 2 aliphatic rings. The van der Waals surface area contributed by atoms with Crippen LogP contribution in [-0.4, -0.2) is 37.7 Å². The molecule has 9 heteroatoms. The Morgan fingerprint density at radius 2 is 2.04 bits per heavy atom. The first-order chi connectivity index (χ1) is 13.3. The van der Waals surface area contributed by atoms with Crippen LogP contribution in [0.25, 0.3) is 0 Å². The Labute approximate surface area is 168 Å². The molecule has 1 saturated heterocycles. The maximum Gasteiger partial charge on any atom is 0.311 e. The molecule has 1 aromatic carbocycles. The van der Waals surface area contributed by atoms with Crippen LogP contribution in [0.1, 0.15) is 47.2 Å². The van der Waals surface area contributed by atoms with Gasteiger partial charge in [0.05, 0.1) is 15.6 Å². The number of rotatable bonds is 4. The van der Waals surface area contributed by atoms with E-state index in [0.29, 0.717) is 18.8 Å². The zero-order valence-electron chi connectivity index (χ0n) is 15.8. The van der Waals surface area contributed by atoms with Gasteiger partial charge in [-0.1, -0.05) is 6.07 Å². The second-order valence-electron chi connectivity index (χ2n) is 7.57. The second kappa shape index (κ2) is 7.44. The van der Waals surface area contributed by atoms with Crippen LogP contribution in [0.4, 0.5) is 11.4 Å². The van der Waals surface area contributed by atoms with Crippen molar-refractivity contribution in [1.29, 1.82) is 0 Å². The molecule has 0 spiro atoms. The number of hydrogen-bond donors (Lipinski definition) is 0. The lowest BCUT2D eigenvalue weighted by Gasteiger charge is -2.33. The van der Waals surface area contributed by atoms with Crippen molar-refractivity contribution in [2.45, 2.75) is 49.3 Å². The van der Waals surface area contributed by atoms with Gasteiger partial charge in [-0.3, -0.25) is 10.1 Å². The predicted octanol–water partition coefficient (Wildman–Crippen LogP) is 3.72. The molecule has 1 atom stereocenters. The van der Waals surface area contributed by atoms with E-state index < -0.39 is 14.8 Å². The summed E-state index contributed by atoms with van der Waals surface area (Å²) in [5, 5.41) is 12.8. The van der Waals surface area contributed by atoms with Crippen LogP contribution < -0.4 is 4.90 Å². The van der Waals surface area contributed by atoms with Gasteiger partial charge in [0.15, 0.2) is 9.84 Å². The van der Waals surface area contributed by atoms with Gasteiger partial charge in [-0.2, -0.15) is 0 Å². The van der Waals surface area contributed by atoms with Gasteiger partial charge < -0.3 is 4.90 Å². The van der Waals surface area contributed by atoms with Gasteiger partial charge in [0, 0.05) is 30.1 Å². The van der Waals surface area contributed by atoms with E-state index in [-0.39, 0.29) is 16.5 Å².